The van der Waals surface area contributed by atoms with Gasteiger partial charge in [0.25, 0.3) is 5.91 Å². The summed E-state index contributed by atoms with van der Waals surface area (Å²) in [5.74, 6) is -0.495. The summed E-state index contributed by atoms with van der Waals surface area (Å²) in [5, 5.41) is 13.9. The number of nitrogens with one attached hydrogen (secondary N) is 1. The highest BCUT2D eigenvalue weighted by molar-refractivity contribution is 6.30. The lowest BCUT2D eigenvalue weighted by molar-refractivity contribution is 0.0269. The predicted octanol–water partition coefficient (Wildman–Crippen LogP) is 3.76. The molecule has 3 heterocycles. The molecule has 1 aliphatic heterocycles. The third kappa shape index (κ3) is 5.75. The molecule has 1 aromatic carbocycles. The van der Waals surface area contributed by atoms with Gasteiger partial charge in [-0.15, -0.1) is 0 Å². The number of benzene rings is 1. The van der Waals surface area contributed by atoms with Crippen molar-refractivity contribution in [2.75, 3.05) is 18.8 Å². The maximum Gasteiger partial charge on any atom is 0.410 e. The van der Waals surface area contributed by atoms with E-state index in [4.69, 9.17) is 27.1 Å². The number of carbonyl (C=O) groups excluding carboxylic acids is 2. The number of hydrogen-bond donors (Lipinski definition) is 3. The third-order valence-corrected chi connectivity index (χ3v) is 5.89. The van der Waals surface area contributed by atoms with Crippen molar-refractivity contribution in [2.45, 2.75) is 38.5 Å². The predicted molar refractivity (Wildman–Crippen MR) is 137 cm³/mol. The minimum Gasteiger partial charge on any atom is -0.444 e. The number of halogens is 1. The normalized spacial score (nSPS) is 17.6. The Kier molecular flexibility index (Phi) is 7.14. The summed E-state index contributed by atoms with van der Waals surface area (Å²) >= 11 is 6.04. The van der Waals surface area contributed by atoms with Crippen LogP contribution in [0.2, 0.25) is 5.02 Å². The minimum atomic E-state index is -0.960. The van der Waals surface area contributed by atoms with E-state index >= 15 is 0 Å². The number of nitrogens with two attached hydrogens (primary N) is 1. The van der Waals surface area contributed by atoms with E-state index in [1.54, 1.807) is 75.6 Å². The molecule has 2 aromatic heterocycles. The van der Waals surface area contributed by atoms with Crippen molar-refractivity contribution in [3.63, 3.8) is 0 Å². The molecule has 0 aliphatic carbocycles. The number of likely N-dealkylation sites (tertiary alicyclic amines) is 1. The van der Waals surface area contributed by atoms with E-state index in [0.29, 0.717) is 22.0 Å². The van der Waals surface area contributed by atoms with Crippen LogP contribution in [-0.2, 0) is 4.74 Å². The van der Waals surface area contributed by atoms with Gasteiger partial charge in [-0.1, -0.05) is 23.7 Å². The van der Waals surface area contributed by atoms with Crippen LogP contribution in [0.1, 0.15) is 31.1 Å². The monoisotopic (exact) mass is 509 g/mol. The Hall–Kier alpha value is -3.69. The molecule has 2 atom stereocenters. The van der Waals surface area contributed by atoms with E-state index in [-0.39, 0.29) is 24.3 Å². The first kappa shape index (κ1) is 25.4. The first-order valence-corrected chi connectivity index (χ1v) is 11.8. The van der Waals surface area contributed by atoms with Crippen LogP contribution in [0, 0.1) is 0 Å². The number of hydrogen-bond acceptors (Lipinski definition) is 7. The summed E-state index contributed by atoms with van der Waals surface area (Å²) in [6, 6.07) is 11.5. The second kappa shape index (κ2) is 10.1. The summed E-state index contributed by atoms with van der Waals surface area (Å²) in [6.45, 7) is 5.44. The fourth-order valence-electron chi connectivity index (χ4n) is 3.88. The van der Waals surface area contributed by atoms with Crippen LogP contribution in [0.3, 0.4) is 0 Å². The number of rotatable bonds is 4. The summed E-state index contributed by atoms with van der Waals surface area (Å²) in [5.41, 5.74) is 8.44. The largest absolute Gasteiger partial charge is 0.444 e. The molecule has 0 bridgehead atoms. The Bertz CT molecular complexity index is 1260. The fraction of sp³-hybridized carbons (Fsp3) is 0.308. The van der Waals surface area contributed by atoms with E-state index in [1.165, 1.54) is 4.90 Å². The lowest BCUT2D eigenvalue weighted by atomic mass is 10.0. The lowest BCUT2D eigenvalue weighted by Gasteiger charge is -2.24. The molecular weight excluding hydrogens is 482 g/mol. The highest BCUT2D eigenvalue weighted by Crippen LogP contribution is 2.31. The van der Waals surface area contributed by atoms with Gasteiger partial charge in [0, 0.05) is 35.1 Å². The zero-order valence-electron chi connectivity index (χ0n) is 20.2. The molecule has 1 fully saturated rings. The topological polar surface area (TPSA) is 131 Å². The molecule has 3 aromatic rings. The van der Waals surface area contributed by atoms with Gasteiger partial charge in [0.1, 0.15) is 5.60 Å². The Balaban J connectivity index is 1.64. The van der Waals surface area contributed by atoms with Crippen LogP contribution < -0.4 is 11.1 Å². The number of aliphatic hydroxyl groups is 1. The van der Waals surface area contributed by atoms with Gasteiger partial charge in [-0.2, -0.15) is 0 Å². The van der Waals surface area contributed by atoms with Crippen molar-refractivity contribution >= 4 is 29.3 Å². The summed E-state index contributed by atoms with van der Waals surface area (Å²) < 4.78 is 5.38. The average Bonchev–Trinajstić information content (AvgIpc) is 3.19. The zero-order chi connectivity index (χ0) is 26.0. The number of nitrogen functional groups attached to an aromatic ring is 1. The van der Waals surface area contributed by atoms with E-state index < -0.39 is 29.7 Å². The molecule has 4 N–H and O–H groups in total. The maximum absolute atomic E-state index is 13.4. The van der Waals surface area contributed by atoms with Crippen LogP contribution in [0.25, 0.3) is 22.5 Å². The number of amides is 2. The van der Waals surface area contributed by atoms with E-state index in [1.807, 2.05) is 0 Å². The van der Waals surface area contributed by atoms with Gasteiger partial charge >= 0.3 is 6.09 Å². The van der Waals surface area contributed by atoms with Gasteiger partial charge in [-0.25, -0.2) is 9.78 Å². The zero-order valence-corrected chi connectivity index (χ0v) is 21.0. The minimum absolute atomic E-state index is 0.0443. The standard InChI is InChI=1S/C26H28ClN5O4/c1-26(2,3)36-25(35)32-13-20(21(33)14-32)31-24(34)18-11-19(15-6-8-17(27)9-7-15)30-23(22(18)28)16-5-4-10-29-12-16/h4-12,20-21,33H,13-14,28H2,1-3H3,(H,31,34)/t20-,21-/m1/s1. The van der Waals surface area contributed by atoms with Gasteiger partial charge < -0.3 is 25.8 Å². The van der Waals surface area contributed by atoms with Crippen molar-refractivity contribution in [1.29, 1.82) is 0 Å². The second-order valence-electron chi connectivity index (χ2n) is 9.60. The van der Waals surface area contributed by atoms with Crippen LogP contribution in [0.15, 0.2) is 54.9 Å². The SMILES string of the molecule is CC(C)(C)OC(=O)N1C[C@@H](O)[C@H](NC(=O)c2cc(-c3ccc(Cl)cc3)nc(-c3cccnc3)c2N)C1. The Morgan fingerprint density at radius 1 is 1.17 bits per heavy atom. The highest BCUT2D eigenvalue weighted by Gasteiger charge is 2.37. The smallest absolute Gasteiger partial charge is 0.410 e. The molecular formula is C26H28ClN5O4. The Morgan fingerprint density at radius 2 is 1.89 bits per heavy atom. The number of nitrogens with zero attached hydrogens (tertiary/aromatic N) is 3. The fourth-order valence-corrected chi connectivity index (χ4v) is 4.01. The van der Waals surface area contributed by atoms with Crippen LogP contribution in [-0.4, -0.2) is 62.8 Å². The van der Waals surface area contributed by atoms with Gasteiger partial charge in [-0.3, -0.25) is 9.78 Å². The summed E-state index contributed by atoms with van der Waals surface area (Å²) in [7, 11) is 0. The van der Waals surface area contributed by atoms with Crippen LogP contribution in [0.4, 0.5) is 10.5 Å². The molecule has 0 radical (unpaired) electrons. The number of aromatic nitrogens is 2. The first-order valence-electron chi connectivity index (χ1n) is 11.5. The van der Waals surface area contributed by atoms with Crippen LogP contribution in [0.5, 0.6) is 0 Å². The van der Waals surface area contributed by atoms with Crippen molar-refractivity contribution in [2.24, 2.45) is 0 Å². The molecule has 2 amide bonds. The molecule has 36 heavy (non-hydrogen) atoms. The Morgan fingerprint density at radius 3 is 2.53 bits per heavy atom. The van der Waals surface area contributed by atoms with E-state index in [9.17, 15) is 14.7 Å². The van der Waals surface area contributed by atoms with Gasteiger partial charge in [0.2, 0.25) is 0 Å². The van der Waals surface area contributed by atoms with Crippen molar-refractivity contribution < 1.29 is 19.4 Å². The molecule has 1 saturated heterocycles. The molecule has 0 spiro atoms. The molecule has 0 unspecified atom stereocenters. The van der Waals surface area contributed by atoms with Crippen molar-refractivity contribution in [3.05, 3.63) is 65.4 Å². The van der Waals surface area contributed by atoms with E-state index in [0.717, 1.165) is 5.56 Å². The molecule has 4 rings (SSSR count). The highest BCUT2D eigenvalue weighted by atomic mass is 35.5. The van der Waals surface area contributed by atoms with Crippen molar-refractivity contribution in [3.8, 4) is 22.5 Å². The third-order valence-electron chi connectivity index (χ3n) is 5.64. The van der Waals surface area contributed by atoms with E-state index in [2.05, 4.69) is 10.3 Å². The maximum atomic E-state index is 13.4. The number of anilines is 1. The first-order chi connectivity index (χ1) is 17.0. The summed E-state index contributed by atoms with van der Waals surface area (Å²) in [6.07, 6.45) is 1.74. The second-order valence-corrected chi connectivity index (χ2v) is 10.0. The number of carbonyl (C=O) groups is 2. The number of aliphatic hydroxyl groups excluding tert-OH is 1. The van der Waals surface area contributed by atoms with Crippen molar-refractivity contribution in [1.82, 2.24) is 20.2 Å². The summed E-state index contributed by atoms with van der Waals surface area (Å²) in [4.78, 5) is 36.0. The number of ether oxygens (including phenoxy) is 1. The van der Waals surface area contributed by atoms with Gasteiger partial charge in [0.15, 0.2) is 0 Å². The molecule has 9 nitrogen and oxygen atoms in total. The lowest BCUT2D eigenvalue weighted by Crippen LogP contribution is -2.43. The Labute approximate surface area is 214 Å². The average molecular weight is 510 g/mol. The molecule has 1 aliphatic rings. The number of β-amino-alcohol motifs (C(OH)–C–C–N with tert-alkyl or cyclic N) is 1. The van der Waals surface area contributed by atoms with Gasteiger partial charge in [-0.05, 0) is 51.1 Å². The molecule has 188 valence electrons. The molecule has 10 heteroatoms. The number of pyridine rings is 2. The van der Waals surface area contributed by atoms with Gasteiger partial charge in [0.05, 0.1) is 41.3 Å². The van der Waals surface area contributed by atoms with Crippen LogP contribution >= 0.6 is 11.6 Å². The quantitative estimate of drug-likeness (QED) is 0.488. The molecule has 0 saturated carbocycles.